The highest BCUT2D eigenvalue weighted by atomic mass is 32.2. The van der Waals surface area contributed by atoms with Gasteiger partial charge in [0.1, 0.15) is 6.04 Å². The van der Waals surface area contributed by atoms with Crippen LogP contribution in [0.15, 0.2) is 126 Å². The van der Waals surface area contributed by atoms with Crippen LogP contribution in [0.3, 0.4) is 0 Å². The Morgan fingerprint density at radius 2 is 1.55 bits per heavy atom. The van der Waals surface area contributed by atoms with Crippen molar-refractivity contribution in [3.05, 3.63) is 149 Å². The number of aryl methyl sites for hydroxylation is 1. The topological polar surface area (TPSA) is 146 Å². The number of rotatable bonds is 13. The molecule has 7 rings (SSSR count). The summed E-state index contributed by atoms with van der Waals surface area (Å²) in [6.45, 7) is 7.91. The average Bonchev–Trinajstić information content (AvgIpc) is 3.22. The van der Waals surface area contributed by atoms with Gasteiger partial charge in [0.05, 0.1) is 23.7 Å². The Kier molecular flexibility index (Phi) is 12.5. The molecule has 2 saturated heterocycles. The summed E-state index contributed by atoms with van der Waals surface area (Å²) in [5, 5.41) is 12.6. The molecule has 1 amide bonds. The lowest BCUT2D eigenvalue weighted by atomic mass is 9.90. The van der Waals surface area contributed by atoms with Crippen LogP contribution in [0.1, 0.15) is 47.1 Å². The Morgan fingerprint density at radius 3 is 2.25 bits per heavy atom. The normalized spacial score (nSPS) is 21.0. The summed E-state index contributed by atoms with van der Waals surface area (Å²) in [6.07, 6.45) is 2.41. The number of hydrogen-bond acceptors (Lipinski definition) is 10. The van der Waals surface area contributed by atoms with E-state index in [1.165, 1.54) is 12.1 Å². The van der Waals surface area contributed by atoms with Gasteiger partial charge in [-0.25, -0.2) is 18.4 Å². The van der Waals surface area contributed by atoms with Crippen molar-refractivity contribution < 1.29 is 27.8 Å². The van der Waals surface area contributed by atoms with Crippen molar-refractivity contribution in [2.75, 3.05) is 42.9 Å². The molecule has 1 aromatic heterocycles. The number of nitrogens with one attached hydrogen (secondary N) is 2. The summed E-state index contributed by atoms with van der Waals surface area (Å²) >= 11 is 0. The van der Waals surface area contributed by atoms with Gasteiger partial charge in [0.2, 0.25) is 21.9 Å². The summed E-state index contributed by atoms with van der Waals surface area (Å²) in [7, 11) is -4.01. The number of sulfonamides is 1. The Balaban J connectivity index is 1.10. The van der Waals surface area contributed by atoms with Gasteiger partial charge in [-0.1, -0.05) is 91.3 Å². The predicted molar refractivity (Wildman–Crippen MR) is 214 cm³/mol. The molecular weight excluding hydrogens is 729 g/mol. The molecule has 4 aromatic carbocycles. The number of amides is 1. The maximum Gasteiger partial charge on any atom is 0.242 e. The number of anilines is 2. The number of benzene rings is 4. The third-order valence-corrected chi connectivity index (χ3v) is 11.9. The van der Waals surface area contributed by atoms with Crippen LogP contribution in [-0.4, -0.2) is 79.2 Å². The standard InChI is InChI=1S/C43H48N6O6S/c1-30-12-18-37(19-13-30)56(52,53)47-38(26-32-8-4-3-5-9-32)41(51)46-36-11-6-10-35(27-36)42-54-39(31(2)40(55-42)34-16-14-33(29-50)15-17-34)28-48-22-24-49(25-23-48)43-44-20-7-21-45-43/h3-21,27,31,38-40,42,47,50H,22-26,28-29H2,1-2H3,(H,46,51). The van der Waals surface area contributed by atoms with Gasteiger partial charge in [0, 0.05) is 62.3 Å². The van der Waals surface area contributed by atoms with Crippen LogP contribution in [0.4, 0.5) is 11.6 Å². The molecule has 5 unspecified atom stereocenters. The fourth-order valence-corrected chi connectivity index (χ4v) is 8.37. The number of piperazine rings is 1. The van der Waals surface area contributed by atoms with Gasteiger partial charge in [-0.05, 0) is 60.4 Å². The van der Waals surface area contributed by atoms with Crippen LogP contribution in [-0.2, 0) is 37.3 Å². The molecule has 5 atom stereocenters. The molecule has 0 saturated carbocycles. The van der Waals surface area contributed by atoms with Crippen LogP contribution >= 0.6 is 0 Å². The number of aliphatic hydroxyl groups is 1. The monoisotopic (exact) mass is 776 g/mol. The number of carbonyl (C=O) groups is 1. The number of ether oxygens (including phenoxy) is 2. The van der Waals surface area contributed by atoms with Crippen molar-refractivity contribution in [1.82, 2.24) is 19.6 Å². The van der Waals surface area contributed by atoms with Gasteiger partial charge < -0.3 is 24.8 Å². The Morgan fingerprint density at radius 1 is 0.839 bits per heavy atom. The Bertz CT molecular complexity index is 2150. The summed E-state index contributed by atoms with van der Waals surface area (Å²) in [6, 6.07) is 31.6. The van der Waals surface area contributed by atoms with Crippen LogP contribution in [0, 0.1) is 12.8 Å². The van der Waals surface area contributed by atoms with Gasteiger partial charge in [-0.3, -0.25) is 9.69 Å². The molecule has 56 heavy (non-hydrogen) atoms. The number of aromatic nitrogens is 2. The van der Waals surface area contributed by atoms with E-state index in [9.17, 15) is 18.3 Å². The lowest BCUT2D eigenvalue weighted by Crippen LogP contribution is -2.51. The largest absolute Gasteiger partial charge is 0.392 e. The molecule has 0 bridgehead atoms. The molecule has 292 valence electrons. The molecule has 5 aromatic rings. The van der Waals surface area contributed by atoms with Crippen LogP contribution in [0.2, 0.25) is 0 Å². The molecule has 13 heteroatoms. The number of aliphatic hydroxyl groups excluding tert-OH is 1. The first-order chi connectivity index (χ1) is 27.1. The van der Waals surface area contributed by atoms with E-state index < -0.39 is 28.3 Å². The minimum atomic E-state index is -4.01. The maximum atomic E-state index is 14.0. The Labute approximate surface area is 328 Å². The fraction of sp³-hybridized carbons (Fsp3) is 0.326. The van der Waals surface area contributed by atoms with Crippen LogP contribution < -0.4 is 14.9 Å². The quantitative estimate of drug-likeness (QED) is 0.142. The fourth-order valence-electron chi connectivity index (χ4n) is 7.17. The van der Waals surface area contributed by atoms with E-state index in [-0.39, 0.29) is 36.0 Å². The first-order valence-electron chi connectivity index (χ1n) is 18.9. The lowest BCUT2D eigenvalue weighted by molar-refractivity contribution is -0.276. The molecule has 2 aliphatic heterocycles. The zero-order valence-electron chi connectivity index (χ0n) is 31.6. The maximum absolute atomic E-state index is 14.0. The highest BCUT2D eigenvalue weighted by Crippen LogP contribution is 2.42. The van der Waals surface area contributed by atoms with E-state index in [1.54, 1.807) is 30.6 Å². The number of nitrogens with zero attached hydrogens (tertiary/aromatic N) is 4. The van der Waals surface area contributed by atoms with E-state index >= 15 is 0 Å². The van der Waals surface area contributed by atoms with Crippen LogP contribution in [0.5, 0.6) is 0 Å². The smallest absolute Gasteiger partial charge is 0.242 e. The molecular formula is C43H48N6O6S. The van der Waals surface area contributed by atoms with Crippen molar-refractivity contribution in [2.45, 2.75) is 56.3 Å². The molecule has 3 heterocycles. The second-order valence-corrected chi connectivity index (χ2v) is 16.2. The lowest BCUT2D eigenvalue weighted by Gasteiger charge is -2.44. The highest BCUT2D eigenvalue weighted by Gasteiger charge is 2.40. The van der Waals surface area contributed by atoms with Gasteiger partial charge in [-0.2, -0.15) is 4.72 Å². The first kappa shape index (κ1) is 39.2. The molecule has 0 spiro atoms. The highest BCUT2D eigenvalue weighted by molar-refractivity contribution is 7.89. The van der Waals surface area contributed by atoms with Crippen molar-refractivity contribution in [3.63, 3.8) is 0 Å². The van der Waals surface area contributed by atoms with Crippen molar-refractivity contribution in [1.29, 1.82) is 0 Å². The summed E-state index contributed by atoms with van der Waals surface area (Å²) < 4.78 is 43.1. The summed E-state index contributed by atoms with van der Waals surface area (Å²) in [5.74, 6) is 0.224. The number of carbonyl (C=O) groups excluding carboxylic acids is 1. The van der Waals surface area contributed by atoms with Crippen LogP contribution in [0.25, 0.3) is 0 Å². The minimum absolute atomic E-state index is 0.00936. The van der Waals surface area contributed by atoms with E-state index in [1.807, 2.05) is 85.8 Å². The number of hydrogen-bond donors (Lipinski definition) is 3. The first-order valence-corrected chi connectivity index (χ1v) is 20.4. The zero-order valence-corrected chi connectivity index (χ0v) is 32.4. The SMILES string of the molecule is Cc1ccc(S(=O)(=O)NC(Cc2ccccc2)C(=O)Nc2cccc(C3OC(CN4CCN(c5ncccn5)CC4)C(C)C(c4ccc(CO)cc4)O3)c2)cc1. The van der Waals surface area contributed by atoms with E-state index in [2.05, 4.69) is 36.7 Å². The molecule has 2 fully saturated rings. The van der Waals surface area contributed by atoms with E-state index in [4.69, 9.17) is 9.47 Å². The predicted octanol–water partition coefficient (Wildman–Crippen LogP) is 5.42. The second-order valence-electron chi connectivity index (χ2n) is 14.4. The van der Waals surface area contributed by atoms with Gasteiger partial charge >= 0.3 is 0 Å². The molecule has 2 aliphatic rings. The average molecular weight is 777 g/mol. The Hall–Kier alpha value is -5.02. The molecule has 0 radical (unpaired) electrons. The minimum Gasteiger partial charge on any atom is -0.392 e. The van der Waals surface area contributed by atoms with Crippen molar-refractivity contribution in [3.8, 4) is 0 Å². The molecule has 3 N–H and O–H groups in total. The third kappa shape index (κ3) is 9.67. The van der Waals surface area contributed by atoms with Gasteiger partial charge in [-0.15, -0.1) is 0 Å². The summed E-state index contributed by atoms with van der Waals surface area (Å²) in [4.78, 5) is 27.5. The second kappa shape index (κ2) is 17.8. The van der Waals surface area contributed by atoms with E-state index in [0.29, 0.717) is 17.8 Å². The van der Waals surface area contributed by atoms with Gasteiger partial charge in [0.15, 0.2) is 6.29 Å². The third-order valence-electron chi connectivity index (χ3n) is 10.4. The molecule has 12 nitrogen and oxygen atoms in total. The van der Waals surface area contributed by atoms with Crippen molar-refractivity contribution in [2.24, 2.45) is 5.92 Å². The zero-order chi connectivity index (χ0) is 39.1. The van der Waals surface area contributed by atoms with E-state index in [0.717, 1.165) is 54.4 Å². The van der Waals surface area contributed by atoms with Crippen molar-refractivity contribution >= 4 is 27.6 Å². The van der Waals surface area contributed by atoms with Gasteiger partial charge in [0.25, 0.3) is 0 Å². The summed E-state index contributed by atoms with van der Waals surface area (Å²) in [5.41, 5.74) is 4.72. The molecule has 0 aliphatic carbocycles.